The van der Waals surface area contributed by atoms with Gasteiger partial charge in [-0.05, 0) is 0 Å². The first-order valence-electron chi connectivity index (χ1n) is 4.27. The molecule has 0 spiro atoms. The topological polar surface area (TPSA) is 121 Å². The number of rotatable bonds is 6. The van der Waals surface area contributed by atoms with Crippen molar-refractivity contribution in [3.63, 3.8) is 0 Å². The summed E-state index contributed by atoms with van der Waals surface area (Å²) >= 11 is 0. The molecular formula is C7H14N6O2. The predicted molar refractivity (Wildman–Crippen MR) is 53.6 cm³/mol. The Hall–Kier alpha value is -1.51. The Balaban J connectivity index is 2.66. The Morgan fingerprint density at radius 3 is 2.80 bits per heavy atom. The van der Waals surface area contributed by atoms with Crippen LogP contribution in [-0.2, 0) is 16.1 Å². The highest BCUT2D eigenvalue weighted by Gasteiger charge is 2.03. The summed E-state index contributed by atoms with van der Waals surface area (Å²) < 4.78 is 9.75. The van der Waals surface area contributed by atoms with Crippen LogP contribution in [0.1, 0.15) is 5.82 Å². The number of nitrogens with one attached hydrogen (secondary N) is 1. The van der Waals surface area contributed by atoms with Crippen molar-refractivity contribution < 1.29 is 9.47 Å². The van der Waals surface area contributed by atoms with Gasteiger partial charge in [0.25, 0.3) is 0 Å². The highest BCUT2D eigenvalue weighted by molar-refractivity contribution is 5.30. The Morgan fingerprint density at radius 1 is 1.33 bits per heavy atom. The zero-order valence-electron chi connectivity index (χ0n) is 8.43. The van der Waals surface area contributed by atoms with Gasteiger partial charge in [0.1, 0.15) is 13.3 Å². The maximum absolute atomic E-state index is 5.47. The monoisotopic (exact) mass is 214 g/mol. The molecule has 0 aliphatic heterocycles. The number of hydrogen-bond acceptors (Lipinski definition) is 8. The lowest BCUT2D eigenvalue weighted by atomic mass is 10.6. The third-order valence-electron chi connectivity index (χ3n) is 1.42. The molecule has 8 heteroatoms. The summed E-state index contributed by atoms with van der Waals surface area (Å²) in [5.74, 6) is 0.894. The van der Waals surface area contributed by atoms with Crippen LogP contribution in [0.15, 0.2) is 0 Å². The van der Waals surface area contributed by atoms with Crippen LogP contribution in [0.4, 0.5) is 11.9 Å². The Morgan fingerprint density at radius 2 is 2.13 bits per heavy atom. The molecule has 0 aromatic carbocycles. The third kappa shape index (κ3) is 4.02. The van der Waals surface area contributed by atoms with Crippen LogP contribution in [0.5, 0.6) is 0 Å². The molecule has 0 aliphatic rings. The van der Waals surface area contributed by atoms with E-state index in [1.54, 1.807) is 7.11 Å². The van der Waals surface area contributed by atoms with Gasteiger partial charge >= 0.3 is 0 Å². The first-order chi connectivity index (χ1) is 7.26. The maximum atomic E-state index is 5.47. The molecule has 15 heavy (non-hydrogen) atoms. The number of methoxy groups -OCH3 is 1. The average molecular weight is 214 g/mol. The van der Waals surface area contributed by atoms with Crippen molar-refractivity contribution in [3.05, 3.63) is 5.82 Å². The maximum Gasteiger partial charge on any atom is 0.229 e. The lowest BCUT2D eigenvalue weighted by molar-refractivity contribution is 0.122. The van der Waals surface area contributed by atoms with Crippen LogP contribution in [0.25, 0.3) is 0 Å². The highest BCUT2D eigenvalue weighted by Crippen LogP contribution is 2.03. The SMILES string of the molecule is COCNc1nc(N)nc(COCN)n1. The molecule has 0 saturated carbocycles. The quantitative estimate of drug-likeness (QED) is 0.510. The number of anilines is 2. The Bertz CT molecular complexity index is 281. The third-order valence-corrected chi connectivity index (χ3v) is 1.42. The molecule has 1 aromatic heterocycles. The number of hydrogen-bond donors (Lipinski definition) is 3. The minimum Gasteiger partial charge on any atom is -0.368 e. The second kappa shape index (κ2) is 6.06. The van der Waals surface area contributed by atoms with Gasteiger partial charge in [0.2, 0.25) is 11.9 Å². The zero-order chi connectivity index (χ0) is 11.1. The second-order valence-corrected chi connectivity index (χ2v) is 2.56. The smallest absolute Gasteiger partial charge is 0.229 e. The molecule has 8 nitrogen and oxygen atoms in total. The van der Waals surface area contributed by atoms with Gasteiger partial charge in [-0.2, -0.15) is 15.0 Å². The first kappa shape index (κ1) is 11.6. The molecule has 0 amide bonds. The standard InChI is InChI=1S/C7H14N6O2/c1-14-4-10-7-12-5(2-15-3-8)11-6(9)13-7/h2-4,8H2,1H3,(H3,9,10,11,12,13). The largest absolute Gasteiger partial charge is 0.368 e. The normalized spacial score (nSPS) is 10.3. The molecule has 0 bridgehead atoms. The van der Waals surface area contributed by atoms with E-state index in [0.29, 0.717) is 18.5 Å². The van der Waals surface area contributed by atoms with E-state index in [2.05, 4.69) is 20.3 Å². The minimum atomic E-state index is 0.104. The van der Waals surface area contributed by atoms with Crippen molar-refractivity contribution in [3.8, 4) is 0 Å². The van der Waals surface area contributed by atoms with Crippen molar-refractivity contribution >= 4 is 11.9 Å². The van der Waals surface area contributed by atoms with Crippen molar-refractivity contribution in [2.45, 2.75) is 6.61 Å². The molecular weight excluding hydrogens is 200 g/mol. The minimum absolute atomic E-state index is 0.104. The highest BCUT2D eigenvalue weighted by atomic mass is 16.5. The van der Waals surface area contributed by atoms with Crippen molar-refractivity contribution in [2.24, 2.45) is 5.73 Å². The molecule has 1 aromatic rings. The van der Waals surface area contributed by atoms with Gasteiger partial charge in [-0.3, -0.25) is 0 Å². The van der Waals surface area contributed by atoms with Gasteiger partial charge in [-0.1, -0.05) is 0 Å². The van der Waals surface area contributed by atoms with Gasteiger partial charge in [-0.25, -0.2) is 0 Å². The van der Waals surface area contributed by atoms with Crippen LogP contribution in [0.3, 0.4) is 0 Å². The Labute approximate surface area is 87.0 Å². The van der Waals surface area contributed by atoms with Gasteiger partial charge < -0.3 is 26.3 Å². The van der Waals surface area contributed by atoms with E-state index < -0.39 is 0 Å². The van der Waals surface area contributed by atoms with Crippen LogP contribution in [0, 0.1) is 0 Å². The number of nitrogens with zero attached hydrogens (tertiary/aromatic N) is 3. The van der Waals surface area contributed by atoms with Crippen molar-refractivity contribution in [1.29, 1.82) is 0 Å². The first-order valence-corrected chi connectivity index (χ1v) is 4.27. The summed E-state index contributed by atoms with van der Waals surface area (Å²) in [6.07, 6.45) is 0. The molecule has 0 radical (unpaired) electrons. The fourth-order valence-electron chi connectivity index (χ4n) is 0.869. The summed E-state index contributed by atoms with van der Waals surface area (Å²) in [5, 5.41) is 2.80. The molecule has 0 saturated heterocycles. The summed E-state index contributed by atoms with van der Waals surface area (Å²) in [5.41, 5.74) is 10.6. The second-order valence-electron chi connectivity index (χ2n) is 2.56. The zero-order valence-corrected chi connectivity index (χ0v) is 8.43. The summed E-state index contributed by atoms with van der Waals surface area (Å²) in [6.45, 7) is 0.595. The van der Waals surface area contributed by atoms with Crippen molar-refractivity contribution in [2.75, 3.05) is 31.6 Å². The molecule has 0 unspecified atom stereocenters. The lowest BCUT2D eigenvalue weighted by Crippen LogP contribution is -2.13. The summed E-state index contributed by atoms with van der Waals surface area (Å²) in [6, 6.07) is 0. The predicted octanol–water partition coefficient (Wildman–Crippen LogP) is -1.10. The molecule has 1 rings (SSSR count). The molecule has 5 N–H and O–H groups in total. The van der Waals surface area contributed by atoms with E-state index in [1.165, 1.54) is 0 Å². The van der Waals surface area contributed by atoms with Crippen LogP contribution in [-0.4, -0.2) is 35.5 Å². The van der Waals surface area contributed by atoms with E-state index in [0.717, 1.165) is 0 Å². The molecule has 1 heterocycles. The molecule has 0 fully saturated rings. The van der Waals surface area contributed by atoms with E-state index in [1.807, 2.05) is 0 Å². The van der Waals surface area contributed by atoms with Crippen molar-refractivity contribution in [1.82, 2.24) is 15.0 Å². The van der Waals surface area contributed by atoms with E-state index >= 15 is 0 Å². The van der Waals surface area contributed by atoms with Gasteiger partial charge in [-0.15, -0.1) is 0 Å². The fraction of sp³-hybridized carbons (Fsp3) is 0.571. The molecule has 0 aliphatic carbocycles. The Kier molecular flexibility index (Phi) is 4.68. The number of nitrogen functional groups attached to an aromatic ring is 1. The number of ether oxygens (including phenoxy) is 2. The number of aromatic nitrogens is 3. The molecule has 0 atom stereocenters. The lowest BCUT2D eigenvalue weighted by Gasteiger charge is -2.06. The summed E-state index contributed by atoms with van der Waals surface area (Å²) in [4.78, 5) is 11.8. The molecule has 84 valence electrons. The average Bonchev–Trinajstić information content (AvgIpc) is 2.23. The van der Waals surface area contributed by atoms with Crippen LogP contribution in [0.2, 0.25) is 0 Å². The summed E-state index contributed by atoms with van der Waals surface area (Å²) in [7, 11) is 1.55. The fourth-order valence-corrected chi connectivity index (χ4v) is 0.869. The van der Waals surface area contributed by atoms with E-state index in [4.69, 9.17) is 20.9 Å². The van der Waals surface area contributed by atoms with Crippen LogP contribution < -0.4 is 16.8 Å². The van der Waals surface area contributed by atoms with Gasteiger partial charge in [0, 0.05) is 7.11 Å². The number of nitrogens with two attached hydrogens (primary N) is 2. The van der Waals surface area contributed by atoms with Crippen LogP contribution >= 0.6 is 0 Å². The van der Waals surface area contributed by atoms with E-state index in [9.17, 15) is 0 Å². The van der Waals surface area contributed by atoms with E-state index in [-0.39, 0.29) is 19.3 Å². The van der Waals surface area contributed by atoms with Gasteiger partial charge in [0.15, 0.2) is 5.82 Å². The van der Waals surface area contributed by atoms with Gasteiger partial charge in [0.05, 0.1) is 6.73 Å².